The summed E-state index contributed by atoms with van der Waals surface area (Å²) in [6, 6.07) is 33.3. The smallest absolute Gasteiger partial charge is 0.127 e. The van der Waals surface area contributed by atoms with E-state index in [0.717, 1.165) is 10.2 Å². The summed E-state index contributed by atoms with van der Waals surface area (Å²) in [5.41, 5.74) is 3.75. The van der Waals surface area contributed by atoms with Crippen LogP contribution in [0, 0.1) is 0 Å². The van der Waals surface area contributed by atoms with Crippen LogP contribution in [-0.4, -0.2) is 14.5 Å². The minimum absolute atomic E-state index is 1.04. The molecule has 0 saturated heterocycles. The highest BCUT2D eigenvalue weighted by molar-refractivity contribution is 7.30. The highest BCUT2D eigenvalue weighted by atomic mass is 32.1. The van der Waals surface area contributed by atoms with Gasteiger partial charge in [-0.15, -0.1) is 34.0 Å². The fraction of sp³-hybridized carbons (Fsp3) is 0. The van der Waals surface area contributed by atoms with Gasteiger partial charge in [0.05, 0.1) is 21.4 Å². The van der Waals surface area contributed by atoms with Crippen molar-refractivity contribution in [3.05, 3.63) is 104 Å². The third kappa shape index (κ3) is 2.59. The molecule has 5 aromatic heterocycles. The molecule has 0 fully saturated rings. The Bertz CT molecular complexity index is 2640. The van der Waals surface area contributed by atoms with Crippen molar-refractivity contribution in [1.29, 1.82) is 0 Å². The first-order valence-corrected chi connectivity index (χ1v) is 15.6. The Morgan fingerprint density at radius 2 is 1.20 bits per heavy atom. The molecule has 0 aliphatic heterocycles. The van der Waals surface area contributed by atoms with Crippen LogP contribution in [-0.2, 0) is 0 Å². The molecule has 3 nitrogen and oxygen atoms in total. The number of fused-ring (bicyclic) bond motifs is 15. The molecule has 0 amide bonds. The van der Waals surface area contributed by atoms with Gasteiger partial charge in [-0.2, -0.15) is 0 Å². The van der Waals surface area contributed by atoms with E-state index < -0.39 is 0 Å². The van der Waals surface area contributed by atoms with Gasteiger partial charge in [0.2, 0.25) is 0 Å². The maximum Gasteiger partial charge on any atom is 0.127 e. The average Bonchev–Trinajstić information content (AvgIpc) is 3.75. The molecule has 0 spiro atoms. The van der Waals surface area contributed by atoms with Crippen molar-refractivity contribution in [3.63, 3.8) is 0 Å². The Balaban J connectivity index is 1.55. The minimum atomic E-state index is 1.04. The molecule has 0 bridgehead atoms. The first-order chi connectivity index (χ1) is 19.9. The fourth-order valence-electron chi connectivity index (χ4n) is 6.56. The summed E-state index contributed by atoms with van der Waals surface area (Å²) in [6.07, 6.45) is 3.66. The summed E-state index contributed by atoms with van der Waals surface area (Å²) in [4.78, 5) is 10.2. The molecule has 0 atom stereocenters. The number of para-hydroxylation sites is 1. The Morgan fingerprint density at radius 3 is 2.10 bits per heavy atom. The topological polar surface area (TPSA) is 30.7 Å². The molecule has 0 unspecified atom stereocenters. The quantitative estimate of drug-likeness (QED) is 0.199. The lowest BCUT2D eigenvalue weighted by Gasteiger charge is -2.11. The van der Waals surface area contributed by atoms with Crippen LogP contribution in [0.4, 0.5) is 0 Å². The van der Waals surface area contributed by atoms with Crippen molar-refractivity contribution >= 4 is 116 Å². The van der Waals surface area contributed by atoms with Crippen LogP contribution in [0.2, 0.25) is 0 Å². The highest BCUT2D eigenvalue weighted by Gasteiger charge is 2.25. The van der Waals surface area contributed by atoms with Gasteiger partial charge in [0, 0.05) is 68.1 Å². The second-order valence-corrected chi connectivity index (χ2v) is 13.3. The van der Waals surface area contributed by atoms with E-state index in [4.69, 9.17) is 4.98 Å². The number of nitrogens with zero attached hydrogens (tertiary/aromatic N) is 3. The number of thiophene rings is 3. The van der Waals surface area contributed by atoms with Gasteiger partial charge >= 0.3 is 0 Å². The van der Waals surface area contributed by atoms with Crippen LogP contribution in [0.15, 0.2) is 104 Å². The Labute approximate surface area is 239 Å². The van der Waals surface area contributed by atoms with Crippen LogP contribution in [0.5, 0.6) is 0 Å². The van der Waals surface area contributed by atoms with Crippen LogP contribution >= 0.6 is 34.0 Å². The van der Waals surface area contributed by atoms with E-state index in [9.17, 15) is 0 Å². The van der Waals surface area contributed by atoms with Gasteiger partial charge in [0.15, 0.2) is 0 Å². The normalized spacial score (nSPS) is 12.5. The van der Waals surface area contributed by atoms with Gasteiger partial charge in [-0.05, 0) is 24.3 Å². The summed E-state index contributed by atoms with van der Waals surface area (Å²) < 4.78 is 9.10. The maximum atomic E-state index is 4.70. The van der Waals surface area contributed by atoms with E-state index in [1.165, 1.54) is 77.9 Å². The molecule has 0 aliphatic rings. The van der Waals surface area contributed by atoms with Crippen molar-refractivity contribution in [1.82, 2.24) is 14.5 Å². The van der Waals surface area contributed by atoms with Crippen LogP contribution in [0.25, 0.3) is 88.1 Å². The minimum Gasteiger partial charge on any atom is -0.307 e. The molecule has 10 rings (SSSR count). The van der Waals surface area contributed by atoms with E-state index in [0.29, 0.717) is 0 Å². The molecule has 0 N–H and O–H groups in total. The highest BCUT2D eigenvalue weighted by Crippen LogP contribution is 2.52. The van der Waals surface area contributed by atoms with E-state index >= 15 is 0 Å². The third-order valence-electron chi connectivity index (χ3n) is 8.16. The second kappa shape index (κ2) is 7.64. The Kier molecular flexibility index (Phi) is 4.10. The standard InChI is InChI=1S/C34H17N3S3/c1-4-12-23-20(9-1)27-30(37(23)24-13-7-11-19-18-8-2-5-14-25(18)38-31(19)24)28-21-10-3-6-15-26(21)39-32(28)29-22-16-35-17-36-34(22)40-33(27)29/h1-17H. The van der Waals surface area contributed by atoms with Crippen molar-refractivity contribution in [2.75, 3.05) is 0 Å². The molecule has 0 saturated carbocycles. The summed E-state index contributed by atoms with van der Waals surface area (Å²) in [7, 11) is 0. The molecule has 5 aromatic carbocycles. The van der Waals surface area contributed by atoms with Gasteiger partial charge in [-0.3, -0.25) is 0 Å². The number of benzene rings is 5. The van der Waals surface area contributed by atoms with Gasteiger partial charge in [-0.25, -0.2) is 9.97 Å². The van der Waals surface area contributed by atoms with Gasteiger partial charge < -0.3 is 4.57 Å². The predicted molar refractivity (Wildman–Crippen MR) is 175 cm³/mol. The molecule has 0 radical (unpaired) electrons. The number of aromatic nitrogens is 3. The predicted octanol–water partition coefficient (Wildman–Crippen LogP) is 10.7. The Hall–Kier alpha value is -4.36. The molecule has 186 valence electrons. The van der Waals surface area contributed by atoms with Crippen LogP contribution in [0.3, 0.4) is 0 Å². The molecule has 40 heavy (non-hydrogen) atoms. The number of rotatable bonds is 1. The molecular formula is C34H17N3S3. The number of hydrogen-bond acceptors (Lipinski definition) is 5. The van der Waals surface area contributed by atoms with Gasteiger partial charge in [0.25, 0.3) is 0 Å². The summed E-state index contributed by atoms with van der Waals surface area (Å²) in [6.45, 7) is 0. The molecular weight excluding hydrogens is 547 g/mol. The van der Waals surface area contributed by atoms with Crippen molar-refractivity contribution in [3.8, 4) is 5.69 Å². The molecule has 6 heteroatoms. The zero-order valence-electron chi connectivity index (χ0n) is 20.9. The molecule has 0 aliphatic carbocycles. The van der Waals surface area contributed by atoms with Crippen molar-refractivity contribution in [2.24, 2.45) is 0 Å². The fourth-order valence-corrected chi connectivity index (χ4v) is 10.3. The van der Waals surface area contributed by atoms with E-state index in [1.807, 2.05) is 28.9 Å². The number of hydrogen-bond donors (Lipinski definition) is 0. The summed E-state index contributed by atoms with van der Waals surface area (Å²) in [5.74, 6) is 0. The van der Waals surface area contributed by atoms with Gasteiger partial charge in [-0.1, -0.05) is 66.7 Å². The first kappa shape index (κ1) is 21.5. The van der Waals surface area contributed by atoms with Crippen molar-refractivity contribution < 1.29 is 0 Å². The van der Waals surface area contributed by atoms with E-state index in [1.54, 1.807) is 17.7 Å². The summed E-state index contributed by atoms with van der Waals surface area (Å²) in [5, 5.41) is 10.3. The molecule has 10 aromatic rings. The molecule has 5 heterocycles. The van der Waals surface area contributed by atoms with E-state index in [2.05, 4.69) is 101 Å². The second-order valence-electron chi connectivity index (χ2n) is 10.2. The van der Waals surface area contributed by atoms with Crippen LogP contribution < -0.4 is 0 Å². The Morgan fingerprint density at radius 1 is 0.525 bits per heavy atom. The average molecular weight is 564 g/mol. The summed E-state index contributed by atoms with van der Waals surface area (Å²) >= 11 is 5.57. The maximum absolute atomic E-state index is 4.70. The van der Waals surface area contributed by atoms with Crippen LogP contribution in [0.1, 0.15) is 0 Å². The lowest BCUT2D eigenvalue weighted by Crippen LogP contribution is -1.94. The zero-order valence-corrected chi connectivity index (χ0v) is 23.3. The lowest BCUT2D eigenvalue weighted by atomic mass is 10.0. The van der Waals surface area contributed by atoms with E-state index in [-0.39, 0.29) is 0 Å². The lowest BCUT2D eigenvalue weighted by molar-refractivity contribution is 1.21. The zero-order chi connectivity index (χ0) is 25.9. The largest absolute Gasteiger partial charge is 0.307 e. The van der Waals surface area contributed by atoms with Gasteiger partial charge in [0.1, 0.15) is 11.2 Å². The SMILES string of the molecule is c1ccc2c(c1)sc1c(-n3c4ccccc4c4c5sc6ncncc6c5c5sc6ccccc6c5c43)cccc12. The third-order valence-corrected chi connectivity index (χ3v) is 11.7. The van der Waals surface area contributed by atoms with Crippen molar-refractivity contribution in [2.45, 2.75) is 0 Å². The monoisotopic (exact) mass is 563 g/mol. The first-order valence-electron chi connectivity index (χ1n) is 13.2.